The van der Waals surface area contributed by atoms with E-state index in [4.69, 9.17) is 13.9 Å². The molecule has 0 saturated carbocycles. The van der Waals surface area contributed by atoms with Gasteiger partial charge in [-0.25, -0.2) is 8.42 Å². The van der Waals surface area contributed by atoms with Crippen molar-refractivity contribution in [2.45, 2.75) is 37.4 Å². The van der Waals surface area contributed by atoms with Crippen molar-refractivity contribution in [3.63, 3.8) is 0 Å². The Balaban J connectivity index is 1.54. The van der Waals surface area contributed by atoms with Crippen LogP contribution in [0.1, 0.15) is 37.9 Å². The summed E-state index contributed by atoms with van der Waals surface area (Å²) in [5.41, 5.74) is 1.02. The molecule has 8 nitrogen and oxygen atoms in total. The largest absolute Gasteiger partial charge is 0.493 e. The van der Waals surface area contributed by atoms with E-state index in [1.807, 2.05) is 6.07 Å². The van der Waals surface area contributed by atoms with E-state index in [1.54, 1.807) is 49.4 Å². The van der Waals surface area contributed by atoms with Gasteiger partial charge in [-0.2, -0.15) is 4.72 Å². The fraction of sp³-hybridized carbons (Fsp3) is 0.375. The van der Waals surface area contributed by atoms with Gasteiger partial charge >= 0.3 is 0 Å². The molecule has 1 atom stereocenters. The molecule has 33 heavy (non-hydrogen) atoms. The molecule has 176 valence electrons. The molecule has 4 rings (SSSR count). The van der Waals surface area contributed by atoms with E-state index in [1.165, 1.54) is 6.07 Å². The number of nitrogens with one attached hydrogen (secondary N) is 2. The van der Waals surface area contributed by atoms with E-state index < -0.39 is 16.2 Å². The molecular weight excluding hydrogens is 444 g/mol. The maximum Gasteiger partial charge on any atom is 0.276 e. The summed E-state index contributed by atoms with van der Waals surface area (Å²) in [4.78, 5) is 12.2. The number of hydrogen-bond acceptors (Lipinski definition) is 6. The van der Waals surface area contributed by atoms with Crippen molar-refractivity contribution in [3.05, 3.63) is 60.2 Å². The van der Waals surface area contributed by atoms with Crippen molar-refractivity contribution in [2.75, 3.05) is 19.8 Å². The van der Waals surface area contributed by atoms with Crippen LogP contribution in [0.15, 0.2) is 64.1 Å². The minimum Gasteiger partial charge on any atom is -0.493 e. The number of fused-ring (bicyclic) bond motifs is 1. The molecule has 1 aliphatic heterocycles. The number of rotatable bonds is 9. The topological polar surface area (TPSA) is 107 Å². The van der Waals surface area contributed by atoms with E-state index in [0.717, 1.165) is 26.1 Å². The number of furan rings is 1. The van der Waals surface area contributed by atoms with Crippen molar-refractivity contribution >= 4 is 26.9 Å². The highest BCUT2D eigenvalue weighted by molar-refractivity contribution is 7.89. The van der Waals surface area contributed by atoms with Gasteiger partial charge in [0.25, 0.3) is 10.0 Å². The average molecular weight is 473 g/mol. The monoisotopic (exact) mass is 472 g/mol. The van der Waals surface area contributed by atoms with Crippen molar-refractivity contribution in [3.8, 4) is 5.75 Å². The average Bonchev–Trinajstić information content (AvgIpc) is 3.28. The summed E-state index contributed by atoms with van der Waals surface area (Å²) in [5.74, 6) is 0.739. The predicted octanol–water partition coefficient (Wildman–Crippen LogP) is 3.74. The summed E-state index contributed by atoms with van der Waals surface area (Å²) in [6, 6.07) is 15.6. The lowest BCUT2D eigenvalue weighted by atomic mass is 10.0. The molecule has 2 heterocycles. The summed E-state index contributed by atoms with van der Waals surface area (Å²) >= 11 is 0. The molecule has 1 saturated heterocycles. The Morgan fingerprint density at radius 1 is 1.12 bits per heavy atom. The molecule has 9 heteroatoms. The molecule has 0 aliphatic carbocycles. The van der Waals surface area contributed by atoms with Crippen molar-refractivity contribution in [1.82, 2.24) is 10.0 Å². The lowest BCUT2D eigenvalue weighted by Crippen LogP contribution is -2.40. The van der Waals surface area contributed by atoms with Gasteiger partial charge in [-0.05, 0) is 42.5 Å². The van der Waals surface area contributed by atoms with Gasteiger partial charge in [0.1, 0.15) is 17.5 Å². The quantitative estimate of drug-likeness (QED) is 0.460. The normalized spacial score (nSPS) is 15.9. The third-order valence-corrected chi connectivity index (χ3v) is 6.86. The lowest BCUT2D eigenvalue weighted by Gasteiger charge is -2.23. The number of sulfonamides is 1. The fourth-order valence-electron chi connectivity index (χ4n) is 3.66. The van der Waals surface area contributed by atoms with Crippen LogP contribution in [-0.2, 0) is 19.6 Å². The first-order chi connectivity index (χ1) is 15.9. The second-order valence-corrected chi connectivity index (χ2v) is 9.66. The molecule has 2 aromatic carbocycles. The van der Waals surface area contributed by atoms with E-state index in [0.29, 0.717) is 34.8 Å². The number of amides is 1. The van der Waals surface area contributed by atoms with Gasteiger partial charge in [0.15, 0.2) is 0 Å². The maximum atomic E-state index is 13.1. The Bertz CT molecular complexity index is 1170. The fourth-order valence-corrected chi connectivity index (χ4v) is 4.76. The Morgan fingerprint density at radius 3 is 2.67 bits per heavy atom. The third kappa shape index (κ3) is 5.93. The van der Waals surface area contributed by atoms with Crippen LogP contribution >= 0.6 is 0 Å². The van der Waals surface area contributed by atoms with Crippen LogP contribution in [0.4, 0.5) is 0 Å². The van der Waals surface area contributed by atoms with Gasteiger partial charge in [-0.3, -0.25) is 4.79 Å². The van der Waals surface area contributed by atoms with Gasteiger partial charge in [-0.15, -0.1) is 0 Å². The molecule has 3 aromatic rings. The minimum atomic E-state index is -4.05. The SMILES string of the molecule is CCC(=O)N[C@@H](NS(=O)(=O)c1cc2ccccc2o1)c1cccc(OCC2CCOCC2)c1. The van der Waals surface area contributed by atoms with Crippen LogP contribution in [0, 0.1) is 5.92 Å². The second kappa shape index (κ2) is 10.4. The maximum absolute atomic E-state index is 13.1. The molecule has 0 spiro atoms. The van der Waals surface area contributed by atoms with E-state index in [-0.39, 0.29) is 17.4 Å². The molecular formula is C24H28N2O6S. The Kier molecular flexibility index (Phi) is 7.32. The standard InChI is InChI=1S/C24H28N2O6S/c1-2-22(27)25-24(26-33(28,29)23-15-18-6-3-4-9-21(18)32-23)19-7-5-8-20(14-19)31-16-17-10-12-30-13-11-17/h3-9,14-15,17,24,26H,2,10-13,16H2,1H3,(H,25,27)/t24-/m0/s1. The zero-order valence-corrected chi connectivity index (χ0v) is 19.3. The smallest absolute Gasteiger partial charge is 0.276 e. The number of hydrogen-bond donors (Lipinski definition) is 2. The molecule has 2 N–H and O–H groups in total. The molecule has 1 aliphatic rings. The number of carbonyl (C=O) groups is 1. The number of para-hydroxylation sites is 1. The highest BCUT2D eigenvalue weighted by Gasteiger charge is 2.26. The first kappa shape index (κ1) is 23.3. The van der Waals surface area contributed by atoms with E-state index >= 15 is 0 Å². The van der Waals surface area contributed by atoms with Gasteiger partial charge in [0.05, 0.1) is 6.61 Å². The van der Waals surface area contributed by atoms with Crippen molar-refractivity contribution in [2.24, 2.45) is 5.92 Å². The Labute approximate surface area is 193 Å². The van der Waals surface area contributed by atoms with Gasteiger partial charge < -0.3 is 19.2 Å². The lowest BCUT2D eigenvalue weighted by molar-refractivity contribution is -0.121. The zero-order valence-electron chi connectivity index (χ0n) is 18.5. The van der Waals surface area contributed by atoms with Gasteiger partial charge in [-0.1, -0.05) is 37.3 Å². The molecule has 0 unspecified atom stereocenters. The van der Waals surface area contributed by atoms with E-state index in [2.05, 4.69) is 10.0 Å². The zero-order chi connectivity index (χ0) is 23.3. The van der Waals surface area contributed by atoms with E-state index in [9.17, 15) is 13.2 Å². The molecule has 1 amide bonds. The van der Waals surface area contributed by atoms with Crippen LogP contribution in [0.25, 0.3) is 11.0 Å². The first-order valence-electron chi connectivity index (χ1n) is 11.1. The van der Waals surface area contributed by atoms with Crippen molar-refractivity contribution < 1.29 is 27.1 Å². The van der Waals surface area contributed by atoms with Gasteiger partial charge in [0.2, 0.25) is 11.0 Å². The number of benzene rings is 2. The summed E-state index contributed by atoms with van der Waals surface area (Å²) in [5, 5.41) is 3.19. The number of ether oxygens (including phenoxy) is 2. The first-order valence-corrected chi connectivity index (χ1v) is 12.5. The van der Waals surface area contributed by atoms with Crippen LogP contribution in [0.2, 0.25) is 0 Å². The highest BCUT2D eigenvalue weighted by atomic mass is 32.2. The summed E-state index contributed by atoms with van der Waals surface area (Å²) in [6.07, 6.45) is 1.13. The van der Waals surface area contributed by atoms with Crippen LogP contribution in [-0.4, -0.2) is 34.1 Å². The summed E-state index contributed by atoms with van der Waals surface area (Å²) in [6.45, 7) is 3.74. The number of carbonyl (C=O) groups excluding carboxylic acids is 1. The molecule has 1 aromatic heterocycles. The summed E-state index contributed by atoms with van der Waals surface area (Å²) in [7, 11) is -4.05. The third-order valence-electron chi connectivity index (χ3n) is 5.59. The van der Waals surface area contributed by atoms with Gasteiger partial charge in [0, 0.05) is 31.1 Å². The van der Waals surface area contributed by atoms with Crippen LogP contribution in [0.5, 0.6) is 5.75 Å². The molecule has 0 bridgehead atoms. The highest BCUT2D eigenvalue weighted by Crippen LogP contribution is 2.25. The Morgan fingerprint density at radius 2 is 1.91 bits per heavy atom. The van der Waals surface area contributed by atoms with Crippen molar-refractivity contribution in [1.29, 1.82) is 0 Å². The Hall–Kier alpha value is -2.88. The predicted molar refractivity (Wildman–Crippen MR) is 123 cm³/mol. The minimum absolute atomic E-state index is 0.211. The molecule has 1 fully saturated rings. The molecule has 0 radical (unpaired) electrons. The van der Waals surface area contributed by atoms with Crippen LogP contribution in [0.3, 0.4) is 0 Å². The summed E-state index contributed by atoms with van der Waals surface area (Å²) < 4.78 is 45.6. The van der Waals surface area contributed by atoms with Crippen LogP contribution < -0.4 is 14.8 Å². The second-order valence-electron chi connectivity index (χ2n) is 8.02.